The van der Waals surface area contributed by atoms with Crippen molar-refractivity contribution in [1.29, 1.82) is 0 Å². The fraction of sp³-hybridized carbons (Fsp3) is 0.600. The van der Waals surface area contributed by atoms with Crippen molar-refractivity contribution >= 4 is 11.8 Å². The van der Waals surface area contributed by atoms with E-state index < -0.39 is 0 Å². The maximum Gasteiger partial charge on any atom is 0.295 e. The SMILES string of the molecule is CC(C)Nc1ncc(C(=O)C(C)C)o1. The summed E-state index contributed by atoms with van der Waals surface area (Å²) in [5, 5.41) is 2.99. The van der Waals surface area contributed by atoms with Gasteiger partial charge in [0.05, 0.1) is 6.20 Å². The second-order valence-electron chi connectivity index (χ2n) is 3.85. The predicted octanol–water partition coefficient (Wildman–Crippen LogP) is 2.33. The molecule has 0 amide bonds. The second-order valence-corrected chi connectivity index (χ2v) is 3.85. The molecule has 0 aliphatic carbocycles. The van der Waals surface area contributed by atoms with Crippen molar-refractivity contribution in [2.24, 2.45) is 5.92 Å². The average molecular weight is 196 g/mol. The first-order chi connectivity index (χ1) is 6.50. The number of hydrogen-bond donors (Lipinski definition) is 1. The molecule has 0 atom stereocenters. The van der Waals surface area contributed by atoms with E-state index in [2.05, 4.69) is 10.3 Å². The van der Waals surface area contributed by atoms with Gasteiger partial charge in [-0.15, -0.1) is 0 Å². The minimum Gasteiger partial charge on any atom is -0.420 e. The summed E-state index contributed by atoms with van der Waals surface area (Å²) in [5.74, 6) is 0.243. The molecule has 14 heavy (non-hydrogen) atoms. The lowest BCUT2D eigenvalue weighted by molar-refractivity contribution is 0.0912. The summed E-state index contributed by atoms with van der Waals surface area (Å²) >= 11 is 0. The van der Waals surface area contributed by atoms with Crippen LogP contribution < -0.4 is 5.32 Å². The second kappa shape index (κ2) is 4.26. The molecule has 0 aliphatic rings. The lowest BCUT2D eigenvalue weighted by atomic mass is 10.1. The van der Waals surface area contributed by atoms with Gasteiger partial charge in [0.25, 0.3) is 6.01 Å². The van der Waals surface area contributed by atoms with Crippen LogP contribution in [0.5, 0.6) is 0 Å². The van der Waals surface area contributed by atoms with Gasteiger partial charge in [0.2, 0.25) is 5.78 Å². The Morgan fingerprint density at radius 1 is 1.43 bits per heavy atom. The van der Waals surface area contributed by atoms with E-state index in [1.54, 1.807) is 0 Å². The van der Waals surface area contributed by atoms with Crippen LogP contribution in [-0.4, -0.2) is 16.8 Å². The Morgan fingerprint density at radius 3 is 2.57 bits per heavy atom. The minimum atomic E-state index is -0.0603. The van der Waals surface area contributed by atoms with Crippen LogP contribution in [0.25, 0.3) is 0 Å². The summed E-state index contributed by atoms with van der Waals surface area (Å²) in [7, 11) is 0. The van der Waals surface area contributed by atoms with E-state index in [1.165, 1.54) is 6.20 Å². The van der Waals surface area contributed by atoms with Crippen LogP contribution in [-0.2, 0) is 0 Å². The van der Waals surface area contributed by atoms with Gasteiger partial charge in [0, 0.05) is 12.0 Å². The zero-order valence-electron chi connectivity index (χ0n) is 9.00. The molecular formula is C10H16N2O2. The van der Waals surface area contributed by atoms with Crippen LogP contribution in [0.3, 0.4) is 0 Å². The van der Waals surface area contributed by atoms with E-state index in [4.69, 9.17) is 4.42 Å². The average Bonchev–Trinajstić information content (AvgIpc) is 2.50. The fourth-order valence-corrected chi connectivity index (χ4v) is 0.986. The first kappa shape index (κ1) is 10.8. The third-order valence-corrected chi connectivity index (χ3v) is 1.69. The van der Waals surface area contributed by atoms with E-state index in [0.29, 0.717) is 11.8 Å². The number of nitrogens with zero attached hydrogens (tertiary/aromatic N) is 1. The molecule has 1 N–H and O–H groups in total. The topological polar surface area (TPSA) is 55.1 Å². The zero-order chi connectivity index (χ0) is 10.7. The number of aromatic nitrogens is 1. The van der Waals surface area contributed by atoms with Gasteiger partial charge in [-0.05, 0) is 13.8 Å². The third-order valence-electron chi connectivity index (χ3n) is 1.69. The predicted molar refractivity (Wildman–Crippen MR) is 54.4 cm³/mol. The highest BCUT2D eigenvalue weighted by molar-refractivity contribution is 5.94. The standard InChI is InChI=1S/C10H16N2O2/c1-6(2)9(13)8-5-11-10(14-8)12-7(3)4/h5-7H,1-4H3,(H,11,12). The van der Waals surface area contributed by atoms with Crippen LogP contribution >= 0.6 is 0 Å². The summed E-state index contributed by atoms with van der Waals surface area (Å²) in [6.45, 7) is 7.63. The van der Waals surface area contributed by atoms with Crippen LogP contribution in [0.1, 0.15) is 38.2 Å². The number of oxazole rings is 1. The highest BCUT2D eigenvalue weighted by Crippen LogP contribution is 2.13. The van der Waals surface area contributed by atoms with Gasteiger partial charge in [-0.2, -0.15) is 0 Å². The van der Waals surface area contributed by atoms with Crippen LogP contribution in [0, 0.1) is 5.92 Å². The molecule has 4 heteroatoms. The van der Waals surface area contributed by atoms with Crippen LogP contribution in [0.15, 0.2) is 10.6 Å². The van der Waals surface area contributed by atoms with Crippen molar-refractivity contribution in [2.45, 2.75) is 33.7 Å². The number of nitrogens with one attached hydrogen (secondary N) is 1. The molecule has 0 saturated heterocycles. The van der Waals surface area contributed by atoms with Crippen LogP contribution in [0.2, 0.25) is 0 Å². The van der Waals surface area contributed by atoms with Gasteiger partial charge in [0.1, 0.15) is 0 Å². The Labute approximate surface area is 83.7 Å². The van der Waals surface area contributed by atoms with E-state index in [0.717, 1.165) is 0 Å². The Hall–Kier alpha value is -1.32. The summed E-state index contributed by atoms with van der Waals surface area (Å²) in [5.41, 5.74) is 0. The van der Waals surface area contributed by atoms with Crippen molar-refractivity contribution in [2.75, 3.05) is 5.32 Å². The van der Waals surface area contributed by atoms with Crippen molar-refractivity contribution < 1.29 is 9.21 Å². The molecule has 1 aromatic heterocycles. The number of rotatable bonds is 4. The number of carbonyl (C=O) groups excluding carboxylic acids is 1. The first-order valence-electron chi connectivity index (χ1n) is 4.77. The number of carbonyl (C=O) groups is 1. The lowest BCUT2D eigenvalue weighted by Crippen LogP contribution is -2.09. The molecule has 0 saturated carbocycles. The van der Waals surface area contributed by atoms with Gasteiger partial charge >= 0.3 is 0 Å². The molecule has 4 nitrogen and oxygen atoms in total. The number of hydrogen-bond acceptors (Lipinski definition) is 4. The van der Waals surface area contributed by atoms with Crippen LogP contribution in [0.4, 0.5) is 6.01 Å². The maximum absolute atomic E-state index is 11.5. The van der Waals surface area contributed by atoms with Gasteiger partial charge in [-0.1, -0.05) is 13.8 Å². The largest absolute Gasteiger partial charge is 0.420 e. The zero-order valence-corrected chi connectivity index (χ0v) is 9.00. The van der Waals surface area contributed by atoms with Crippen molar-refractivity contribution in [3.63, 3.8) is 0 Å². The molecule has 78 valence electrons. The van der Waals surface area contributed by atoms with Gasteiger partial charge in [-0.3, -0.25) is 4.79 Å². The molecule has 1 heterocycles. The van der Waals surface area contributed by atoms with E-state index in [1.807, 2.05) is 27.7 Å². The quantitative estimate of drug-likeness (QED) is 0.751. The molecule has 0 spiro atoms. The highest BCUT2D eigenvalue weighted by Gasteiger charge is 2.15. The summed E-state index contributed by atoms with van der Waals surface area (Å²) in [4.78, 5) is 15.4. The molecule has 0 bridgehead atoms. The molecule has 1 aromatic rings. The number of anilines is 1. The Kier molecular flexibility index (Phi) is 3.28. The number of ketones is 1. The third kappa shape index (κ3) is 2.58. The Balaban J connectivity index is 2.73. The molecule has 0 aromatic carbocycles. The lowest BCUT2D eigenvalue weighted by Gasteiger charge is -2.03. The van der Waals surface area contributed by atoms with E-state index in [9.17, 15) is 4.79 Å². The molecule has 0 radical (unpaired) electrons. The molecule has 0 aliphatic heterocycles. The molecule has 1 rings (SSSR count). The smallest absolute Gasteiger partial charge is 0.295 e. The van der Waals surface area contributed by atoms with Crippen molar-refractivity contribution in [3.05, 3.63) is 12.0 Å². The molecular weight excluding hydrogens is 180 g/mol. The van der Waals surface area contributed by atoms with E-state index >= 15 is 0 Å². The summed E-state index contributed by atoms with van der Waals surface area (Å²) in [6.07, 6.45) is 1.47. The first-order valence-corrected chi connectivity index (χ1v) is 4.77. The van der Waals surface area contributed by atoms with Gasteiger partial charge in [0.15, 0.2) is 5.76 Å². The van der Waals surface area contributed by atoms with E-state index in [-0.39, 0.29) is 17.7 Å². The maximum atomic E-state index is 11.5. The minimum absolute atomic E-state index is 0.0192. The highest BCUT2D eigenvalue weighted by atomic mass is 16.4. The Bertz CT molecular complexity index is 316. The summed E-state index contributed by atoms with van der Waals surface area (Å²) in [6, 6.07) is 0.652. The molecule has 0 unspecified atom stereocenters. The normalized spacial score (nSPS) is 11.0. The van der Waals surface area contributed by atoms with Gasteiger partial charge in [-0.25, -0.2) is 4.98 Å². The monoisotopic (exact) mass is 196 g/mol. The molecule has 0 fully saturated rings. The van der Waals surface area contributed by atoms with Crippen molar-refractivity contribution in [1.82, 2.24) is 4.98 Å². The number of Topliss-reactive ketones (excluding diaryl/α,β-unsaturated/α-hetero) is 1. The van der Waals surface area contributed by atoms with Crippen molar-refractivity contribution in [3.8, 4) is 0 Å². The Morgan fingerprint density at radius 2 is 2.07 bits per heavy atom. The summed E-state index contributed by atoms with van der Waals surface area (Å²) < 4.78 is 5.25. The fourth-order valence-electron chi connectivity index (χ4n) is 0.986. The van der Waals surface area contributed by atoms with Gasteiger partial charge < -0.3 is 9.73 Å².